The van der Waals surface area contributed by atoms with Crippen LogP contribution in [-0.2, 0) is 4.74 Å². The third-order valence-electron chi connectivity index (χ3n) is 4.75. The van der Waals surface area contributed by atoms with Crippen molar-refractivity contribution in [3.8, 4) is 0 Å². The van der Waals surface area contributed by atoms with Gasteiger partial charge in [-0.1, -0.05) is 82.6 Å². The van der Waals surface area contributed by atoms with Gasteiger partial charge in [0.25, 0.3) is 0 Å². The number of rotatable bonds is 14. The second-order valence-electron chi connectivity index (χ2n) is 6.85. The fourth-order valence-electron chi connectivity index (χ4n) is 2.87. The first kappa shape index (κ1) is 19.8. The smallest absolute Gasteiger partial charge is 0.0527 e. The molecular weight excluding hydrogens is 288 g/mol. The molecule has 1 unspecified atom stereocenters. The lowest BCUT2D eigenvalue weighted by molar-refractivity contribution is -0.0318. The fraction of sp³-hybridized carbons (Fsp3) is 0.800. The van der Waals surface area contributed by atoms with Crippen LogP contribution in [0.1, 0.15) is 77.6 Å². The second kappa shape index (κ2) is 12.2. The molecule has 1 heterocycles. The topological polar surface area (TPSA) is 9.23 Å². The molecule has 0 aromatic carbocycles. The molecule has 0 radical (unpaired) electrons. The van der Waals surface area contributed by atoms with Gasteiger partial charge in [0.05, 0.1) is 13.2 Å². The first-order valence-electron chi connectivity index (χ1n) is 9.26. The largest absolute Gasteiger partial charge is 0.381 e. The van der Waals surface area contributed by atoms with Gasteiger partial charge in [-0.25, -0.2) is 0 Å². The molecule has 2 heteroatoms. The maximum Gasteiger partial charge on any atom is 0.0527 e. The van der Waals surface area contributed by atoms with Gasteiger partial charge >= 0.3 is 0 Å². The van der Waals surface area contributed by atoms with Crippen LogP contribution in [0.15, 0.2) is 24.3 Å². The standard InChI is InChI=1S/C20H36OS/c1-4-5-6-7-8-9-10-11-12-13-17(2)18(3)14-20(22)19-15-21-16-19/h19-20,22H,2-16H2,1H3. The highest BCUT2D eigenvalue weighted by Gasteiger charge is 2.26. The number of allylic oxidation sites excluding steroid dienone is 2. The Balaban J connectivity index is 1.94. The number of ether oxygens (including phenoxy) is 1. The van der Waals surface area contributed by atoms with Crippen LogP contribution in [0.2, 0.25) is 0 Å². The van der Waals surface area contributed by atoms with Crippen molar-refractivity contribution in [2.75, 3.05) is 13.2 Å². The van der Waals surface area contributed by atoms with Crippen molar-refractivity contribution in [2.24, 2.45) is 5.92 Å². The molecule has 1 saturated heterocycles. The van der Waals surface area contributed by atoms with Crippen LogP contribution in [-0.4, -0.2) is 18.5 Å². The quantitative estimate of drug-likeness (QED) is 0.222. The molecule has 0 saturated carbocycles. The Labute approximate surface area is 144 Å². The van der Waals surface area contributed by atoms with Crippen molar-refractivity contribution >= 4 is 12.6 Å². The van der Waals surface area contributed by atoms with E-state index in [4.69, 9.17) is 4.74 Å². The maximum atomic E-state index is 5.23. The third kappa shape index (κ3) is 8.43. The lowest BCUT2D eigenvalue weighted by Crippen LogP contribution is -2.35. The summed E-state index contributed by atoms with van der Waals surface area (Å²) in [6, 6.07) is 0. The third-order valence-corrected chi connectivity index (χ3v) is 5.35. The van der Waals surface area contributed by atoms with Crippen LogP contribution >= 0.6 is 12.6 Å². The summed E-state index contributed by atoms with van der Waals surface area (Å²) >= 11 is 4.68. The van der Waals surface area contributed by atoms with Crippen LogP contribution in [0.25, 0.3) is 0 Å². The summed E-state index contributed by atoms with van der Waals surface area (Å²) in [5.41, 5.74) is 2.44. The van der Waals surface area contributed by atoms with Crippen molar-refractivity contribution in [3.63, 3.8) is 0 Å². The lowest BCUT2D eigenvalue weighted by Gasteiger charge is -2.31. The molecule has 0 N–H and O–H groups in total. The first-order chi connectivity index (χ1) is 10.6. The summed E-state index contributed by atoms with van der Waals surface area (Å²) in [7, 11) is 0. The second-order valence-corrected chi connectivity index (χ2v) is 7.52. The lowest BCUT2D eigenvalue weighted by atomic mass is 9.93. The van der Waals surface area contributed by atoms with Gasteiger partial charge in [0.15, 0.2) is 0 Å². The molecule has 0 aromatic heterocycles. The zero-order valence-electron chi connectivity index (χ0n) is 14.6. The van der Waals surface area contributed by atoms with Crippen molar-refractivity contribution < 1.29 is 4.74 Å². The van der Waals surface area contributed by atoms with Crippen molar-refractivity contribution in [1.82, 2.24) is 0 Å². The minimum atomic E-state index is 0.390. The Bertz CT molecular complexity index is 320. The van der Waals surface area contributed by atoms with Gasteiger partial charge in [-0.2, -0.15) is 12.6 Å². The van der Waals surface area contributed by atoms with Gasteiger partial charge in [-0.3, -0.25) is 0 Å². The maximum absolute atomic E-state index is 5.23. The number of hydrogen-bond donors (Lipinski definition) is 1. The molecule has 1 aliphatic rings. The Morgan fingerprint density at radius 3 is 2.00 bits per heavy atom. The molecule has 0 bridgehead atoms. The normalized spacial score (nSPS) is 16.3. The van der Waals surface area contributed by atoms with Crippen molar-refractivity contribution in [2.45, 2.75) is 82.8 Å². The Kier molecular flexibility index (Phi) is 11.0. The molecule has 0 amide bonds. The van der Waals surface area contributed by atoms with E-state index in [1.807, 2.05) is 0 Å². The average molecular weight is 325 g/mol. The molecule has 1 nitrogen and oxygen atoms in total. The van der Waals surface area contributed by atoms with E-state index >= 15 is 0 Å². The van der Waals surface area contributed by atoms with Gasteiger partial charge in [-0.15, -0.1) is 0 Å². The van der Waals surface area contributed by atoms with E-state index < -0.39 is 0 Å². The number of unbranched alkanes of at least 4 members (excludes halogenated alkanes) is 8. The van der Waals surface area contributed by atoms with E-state index in [0.29, 0.717) is 11.2 Å². The molecular formula is C20H36OS. The predicted octanol–water partition coefficient (Wildman–Crippen LogP) is 6.35. The summed E-state index contributed by atoms with van der Waals surface area (Å²) in [6.45, 7) is 12.4. The molecule has 1 rings (SSSR count). The predicted molar refractivity (Wildman–Crippen MR) is 102 cm³/mol. The molecule has 22 heavy (non-hydrogen) atoms. The fourth-order valence-corrected chi connectivity index (χ4v) is 3.26. The van der Waals surface area contributed by atoms with E-state index in [1.165, 1.54) is 68.9 Å². The highest BCUT2D eigenvalue weighted by molar-refractivity contribution is 7.81. The van der Waals surface area contributed by atoms with Crippen LogP contribution in [0, 0.1) is 5.92 Å². The van der Waals surface area contributed by atoms with Gasteiger partial charge in [-0.05, 0) is 19.3 Å². The Hall–Kier alpha value is -0.210. The number of thiol groups is 1. The van der Waals surface area contributed by atoms with Crippen LogP contribution in [0.3, 0.4) is 0 Å². The molecule has 128 valence electrons. The molecule has 0 aromatic rings. The van der Waals surface area contributed by atoms with E-state index in [9.17, 15) is 0 Å². The Morgan fingerprint density at radius 2 is 1.50 bits per heavy atom. The molecule has 1 fully saturated rings. The number of hydrogen-bond acceptors (Lipinski definition) is 2. The van der Waals surface area contributed by atoms with Crippen LogP contribution in [0.5, 0.6) is 0 Å². The molecule has 0 spiro atoms. The van der Waals surface area contributed by atoms with E-state index in [1.54, 1.807) is 0 Å². The molecule has 1 aliphatic heterocycles. The Morgan fingerprint density at radius 1 is 0.955 bits per heavy atom. The van der Waals surface area contributed by atoms with Crippen molar-refractivity contribution in [1.29, 1.82) is 0 Å². The highest BCUT2D eigenvalue weighted by Crippen LogP contribution is 2.28. The first-order valence-corrected chi connectivity index (χ1v) is 9.78. The zero-order valence-corrected chi connectivity index (χ0v) is 15.5. The monoisotopic (exact) mass is 324 g/mol. The minimum absolute atomic E-state index is 0.390. The summed E-state index contributed by atoms with van der Waals surface area (Å²) in [5.74, 6) is 0.612. The highest BCUT2D eigenvalue weighted by atomic mass is 32.1. The minimum Gasteiger partial charge on any atom is -0.381 e. The van der Waals surface area contributed by atoms with Gasteiger partial charge in [0.1, 0.15) is 0 Å². The van der Waals surface area contributed by atoms with E-state index in [0.717, 1.165) is 26.1 Å². The summed E-state index contributed by atoms with van der Waals surface area (Å²) in [6.07, 6.45) is 14.4. The zero-order chi connectivity index (χ0) is 16.2. The molecule has 0 aliphatic carbocycles. The van der Waals surface area contributed by atoms with E-state index in [-0.39, 0.29) is 0 Å². The van der Waals surface area contributed by atoms with Gasteiger partial charge in [0, 0.05) is 11.2 Å². The van der Waals surface area contributed by atoms with Crippen LogP contribution in [0.4, 0.5) is 0 Å². The van der Waals surface area contributed by atoms with Gasteiger partial charge < -0.3 is 4.74 Å². The van der Waals surface area contributed by atoms with E-state index in [2.05, 4.69) is 32.7 Å². The van der Waals surface area contributed by atoms with Crippen molar-refractivity contribution in [3.05, 3.63) is 24.3 Å². The van der Waals surface area contributed by atoms with Gasteiger partial charge in [0.2, 0.25) is 0 Å². The summed E-state index contributed by atoms with van der Waals surface area (Å²) in [4.78, 5) is 0. The summed E-state index contributed by atoms with van der Waals surface area (Å²) < 4.78 is 5.23. The summed E-state index contributed by atoms with van der Waals surface area (Å²) in [5, 5.41) is 0.390. The van der Waals surface area contributed by atoms with Crippen LogP contribution < -0.4 is 0 Å². The average Bonchev–Trinajstić information content (AvgIpc) is 2.43. The SMILES string of the molecule is C=C(CCCCCCCCCCC)C(=C)CC(S)C1COC1. The molecule has 1 atom stereocenters.